The number of nitrogens with one attached hydrogen (secondary N) is 1. The number of carbonyl (C=O) groups excluding carboxylic acids is 1. The van der Waals surface area contributed by atoms with Gasteiger partial charge < -0.3 is 5.32 Å². The summed E-state index contributed by atoms with van der Waals surface area (Å²) >= 11 is 2.65. The van der Waals surface area contributed by atoms with E-state index in [2.05, 4.69) is 5.32 Å². The van der Waals surface area contributed by atoms with Crippen LogP contribution in [0.1, 0.15) is 13.8 Å². The highest BCUT2D eigenvalue weighted by Gasteiger charge is 2.40. The van der Waals surface area contributed by atoms with Gasteiger partial charge in [-0.05, 0) is 17.4 Å². The normalized spacial score (nSPS) is 20.4. The molecular weight excluding hydrogens is 316 g/mol. The summed E-state index contributed by atoms with van der Waals surface area (Å²) in [6.07, 6.45) is 0. The standard InChI is InChI=1S/C12H18N2O3S3/c1-9(2)6-13-12(15)10-7-18-8-14(10)20(16,17)11-4-3-5-19-11/h3-5,9-10H,6-8H2,1-2H3,(H,13,15)/t10-/m0/s1. The Hall–Kier alpha value is -0.570. The van der Waals surface area contributed by atoms with Crippen molar-refractivity contribution in [3.05, 3.63) is 17.5 Å². The summed E-state index contributed by atoms with van der Waals surface area (Å²) in [5.41, 5.74) is 0. The highest BCUT2D eigenvalue weighted by molar-refractivity contribution is 8.01. The second kappa shape index (κ2) is 6.46. The van der Waals surface area contributed by atoms with Gasteiger partial charge in [0.1, 0.15) is 10.3 Å². The summed E-state index contributed by atoms with van der Waals surface area (Å²) in [4.78, 5) is 12.1. The first kappa shape index (κ1) is 15.8. The summed E-state index contributed by atoms with van der Waals surface area (Å²) < 4.78 is 26.6. The molecule has 0 bridgehead atoms. The van der Waals surface area contributed by atoms with Gasteiger partial charge in [-0.2, -0.15) is 4.31 Å². The van der Waals surface area contributed by atoms with E-state index in [-0.39, 0.29) is 5.91 Å². The highest BCUT2D eigenvalue weighted by Crippen LogP contribution is 2.30. The fourth-order valence-electron chi connectivity index (χ4n) is 1.82. The number of sulfonamides is 1. The van der Waals surface area contributed by atoms with Crippen LogP contribution in [-0.4, -0.2) is 42.8 Å². The van der Waals surface area contributed by atoms with Crippen LogP contribution in [0.15, 0.2) is 21.7 Å². The molecule has 8 heteroatoms. The molecule has 1 saturated heterocycles. The molecule has 0 aliphatic carbocycles. The van der Waals surface area contributed by atoms with Crippen molar-refractivity contribution in [2.24, 2.45) is 5.92 Å². The van der Waals surface area contributed by atoms with Gasteiger partial charge in [-0.1, -0.05) is 19.9 Å². The molecular formula is C12H18N2O3S3. The van der Waals surface area contributed by atoms with Gasteiger partial charge in [-0.25, -0.2) is 8.42 Å². The maximum absolute atomic E-state index is 12.5. The van der Waals surface area contributed by atoms with Crippen LogP contribution in [0.25, 0.3) is 0 Å². The molecule has 0 spiro atoms. The molecule has 0 radical (unpaired) electrons. The first-order valence-corrected chi connectivity index (χ1v) is 9.81. The Kier molecular flexibility index (Phi) is 5.11. The summed E-state index contributed by atoms with van der Waals surface area (Å²) in [5, 5.41) is 4.54. The molecule has 1 amide bonds. The van der Waals surface area contributed by atoms with E-state index in [1.54, 1.807) is 17.5 Å². The quantitative estimate of drug-likeness (QED) is 0.888. The molecule has 1 aromatic heterocycles. The van der Waals surface area contributed by atoms with Crippen molar-refractivity contribution in [3.63, 3.8) is 0 Å². The van der Waals surface area contributed by atoms with Crippen molar-refractivity contribution in [1.29, 1.82) is 0 Å². The fourth-order valence-corrected chi connectivity index (χ4v) is 6.09. The molecule has 1 fully saturated rings. The zero-order valence-corrected chi connectivity index (χ0v) is 13.9. The fraction of sp³-hybridized carbons (Fsp3) is 0.583. The van der Waals surface area contributed by atoms with Gasteiger partial charge >= 0.3 is 0 Å². The Morgan fingerprint density at radius 3 is 2.90 bits per heavy atom. The molecule has 2 rings (SSSR count). The van der Waals surface area contributed by atoms with Crippen molar-refractivity contribution >= 4 is 39.0 Å². The maximum atomic E-state index is 12.5. The van der Waals surface area contributed by atoms with E-state index >= 15 is 0 Å². The number of carbonyl (C=O) groups is 1. The van der Waals surface area contributed by atoms with Crippen LogP contribution in [0.5, 0.6) is 0 Å². The second-order valence-corrected chi connectivity index (χ2v) is 9.04. The minimum atomic E-state index is -3.56. The van der Waals surface area contributed by atoms with E-state index in [1.807, 2.05) is 13.8 Å². The van der Waals surface area contributed by atoms with Crippen LogP contribution in [0.2, 0.25) is 0 Å². The van der Waals surface area contributed by atoms with E-state index in [4.69, 9.17) is 0 Å². The SMILES string of the molecule is CC(C)CNC(=O)[C@@H]1CSCN1S(=O)(=O)c1cccs1. The number of nitrogens with zero attached hydrogens (tertiary/aromatic N) is 1. The molecule has 0 unspecified atom stereocenters. The van der Waals surface area contributed by atoms with Crippen LogP contribution >= 0.6 is 23.1 Å². The molecule has 1 N–H and O–H groups in total. The van der Waals surface area contributed by atoms with E-state index in [1.165, 1.54) is 27.4 Å². The van der Waals surface area contributed by atoms with Gasteiger partial charge in [0, 0.05) is 12.3 Å². The summed E-state index contributed by atoms with van der Waals surface area (Å²) in [5.74, 6) is 0.980. The van der Waals surface area contributed by atoms with Crippen molar-refractivity contribution in [1.82, 2.24) is 9.62 Å². The Bertz CT molecular complexity index is 555. The van der Waals surface area contributed by atoms with Crippen molar-refractivity contribution in [3.8, 4) is 0 Å². The molecule has 5 nitrogen and oxygen atoms in total. The number of thioether (sulfide) groups is 1. The molecule has 1 atom stereocenters. The van der Waals surface area contributed by atoms with Gasteiger partial charge in [0.05, 0.1) is 5.88 Å². The number of thiophene rings is 1. The third-order valence-corrected chi connectivity index (χ3v) is 7.29. The number of rotatable bonds is 5. The lowest BCUT2D eigenvalue weighted by Gasteiger charge is -2.22. The Labute approximate surface area is 127 Å². The van der Waals surface area contributed by atoms with Gasteiger partial charge in [-0.3, -0.25) is 4.79 Å². The zero-order valence-electron chi connectivity index (χ0n) is 11.4. The molecule has 1 aliphatic heterocycles. The van der Waals surface area contributed by atoms with E-state index < -0.39 is 16.1 Å². The molecule has 112 valence electrons. The zero-order chi connectivity index (χ0) is 14.8. The van der Waals surface area contributed by atoms with Crippen LogP contribution in [0.3, 0.4) is 0 Å². The maximum Gasteiger partial charge on any atom is 0.254 e. The van der Waals surface area contributed by atoms with Crippen molar-refractivity contribution in [2.75, 3.05) is 18.2 Å². The van der Waals surface area contributed by atoms with Crippen LogP contribution in [0.4, 0.5) is 0 Å². The predicted octanol–water partition coefficient (Wildman–Crippen LogP) is 1.58. The van der Waals surface area contributed by atoms with Crippen LogP contribution in [-0.2, 0) is 14.8 Å². The largest absolute Gasteiger partial charge is 0.354 e. The molecule has 1 aliphatic rings. The lowest BCUT2D eigenvalue weighted by atomic mass is 10.2. The summed E-state index contributed by atoms with van der Waals surface area (Å²) in [6.45, 7) is 4.57. The molecule has 1 aromatic rings. The van der Waals surface area contributed by atoms with Gasteiger partial charge in [0.25, 0.3) is 10.0 Å². The average Bonchev–Trinajstić information content (AvgIpc) is 3.06. The topological polar surface area (TPSA) is 66.5 Å². The number of hydrogen-bond acceptors (Lipinski definition) is 5. The Morgan fingerprint density at radius 2 is 2.30 bits per heavy atom. The number of hydrogen-bond donors (Lipinski definition) is 1. The second-order valence-electron chi connectivity index (χ2n) is 4.98. The van der Waals surface area contributed by atoms with Crippen molar-refractivity contribution in [2.45, 2.75) is 24.1 Å². The Balaban J connectivity index is 2.13. The summed E-state index contributed by atoms with van der Waals surface area (Å²) in [6, 6.07) is 2.67. The minimum Gasteiger partial charge on any atom is -0.354 e. The van der Waals surface area contributed by atoms with Crippen LogP contribution in [0, 0.1) is 5.92 Å². The molecule has 2 heterocycles. The smallest absolute Gasteiger partial charge is 0.254 e. The highest BCUT2D eigenvalue weighted by atomic mass is 32.2. The average molecular weight is 334 g/mol. The Morgan fingerprint density at radius 1 is 1.55 bits per heavy atom. The third kappa shape index (κ3) is 3.36. The first-order chi connectivity index (χ1) is 9.43. The van der Waals surface area contributed by atoms with Crippen molar-refractivity contribution < 1.29 is 13.2 Å². The first-order valence-electron chi connectivity index (χ1n) is 6.33. The minimum absolute atomic E-state index is 0.205. The lowest BCUT2D eigenvalue weighted by molar-refractivity contribution is -0.123. The summed E-state index contributed by atoms with van der Waals surface area (Å²) in [7, 11) is -3.56. The van der Waals surface area contributed by atoms with Gasteiger partial charge in [0.15, 0.2) is 0 Å². The molecule has 0 saturated carbocycles. The van der Waals surface area contributed by atoms with E-state index in [9.17, 15) is 13.2 Å². The molecule has 20 heavy (non-hydrogen) atoms. The van der Waals surface area contributed by atoms with E-state index in [0.717, 1.165) is 0 Å². The third-order valence-electron chi connectivity index (χ3n) is 2.89. The monoisotopic (exact) mass is 334 g/mol. The van der Waals surface area contributed by atoms with Gasteiger partial charge in [0.2, 0.25) is 5.91 Å². The van der Waals surface area contributed by atoms with Gasteiger partial charge in [-0.15, -0.1) is 23.1 Å². The van der Waals surface area contributed by atoms with Crippen LogP contribution < -0.4 is 5.32 Å². The number of amides is 1. The molecule has 0 aromatic carbocycles. The lowest BCUT2D eigenvalue weighted by Crippen LogP contribution is -2.47. The predicted molar refractivity (Wildman–Crippen MR) is 82.3 cm³/mol. The van der Waals surface area contributed by atoms with E-state index in [0.29, 0.717) is 28.3 Å².